The van der Waals surface area contributed by atoms with Gasteiger partial charge in [0.25, 0.3) is 0 Å². The highest BCUT2D eigenvalue weighted by Crippen LogP contribution is 2.28. The summed E-state index contributed by atoms with van der Waals surface area (Å²) in [5.74, 6) is 0.676. The van der Waals surface area contributed by atoms with Crippen molar-refractivity contribution < 1.29 is 4.79 Å². The van der Waals surface area contributed by atoms with E-state index in [4.69, 9.17) is 5.73 Å². The van der Waals surface area contributed by atoms with Gasteiger partial charge in [0.15, 0.2) is 0 Å². The second-order valence-corrected chi connectivity index (χ2v) is 6.56. The lowest BCUT2D eigenvalue weighted by molar-refractivity contribution is -0.124. The van der Waals surface area contributed by atoms with E-state index < -0.39 is 5.54 Å². The third kappa shape index (κ3) is 4.18. The van der Waals surface area contributed by atoms with Crippen LogP contribution in [0.1, 0.15) is 52.4 Å². The molecule has 19 heavy (non-hydrogen) atoms. The molecule has 0 spiro atoms. The van der Waals surface area contributed by atoms with Crippen LogP contribution in [0.5, 0.6) is 0 Å². The molecule has 0 heterocycles. The maximum absolute atomic E-state index is 11.7. The Morgan fingerprint density at radius 1 is 1.37 bits per heavy atom. The van der Waals surface area contributed by atoms with Crippen molar-refractivity contribution in [2.24, 2.45) is 11.7 Å². The number of rotatable bonds is 9. The van der Waals surface area contributed by atoms with E-state index in [2.05, 4.69) is 17.1 Å². The number of primary amides is 1. The van der Waals surface area contributed by atoms with E-state index in [1.165, 1.54) is 38.6 Å². The molecule has 0 aromatic carbocycles. The molecule has 0 radical (unpaired) electrons. The highest BCUT2D eigenvalue weighted by atomic mass is 16.1. The van der Waals surface area contributed by atoms with Gasteiger partial charge in [0, 0.05) is 19.1 Å². The first kappa shape index (κ1) is 14.8. The summed E-state index contributed by atoms with van der Waals surface area (Å²) in [7, 11) is 0. The Balaban J connectivity index is 1.79. The first-order valence-electron chi connectivity index (χ1n) is 7.83. The number of hydrogen-bond donors (Lipinski definition) is 2. The van der Waals surface area contributed by atoms with Gasteiger partial charge in [0.05, 0.1) is 5.54 Å². The fourth-order valence-electron chi connectivity index (χ4n) is 2.75. The Morgan fingerprint density at radius 3 is 2.47 bits per heavy atom. The zero-order chi connectivity index (χ0) is 13.9. The second-order valence-electron chi connectivity index (χ2n) is 6.56. The lowest BCUT2D eigenvalue weighted by Crippen LogP contribution is -2.55. The van der Waals surface area contributed by atoms with Crippen LogP contribution < -0.4 is 11.1 Å². The minimum Gasteiger partial charge on any atom is -0.368 e. The van der Waals surface area contributed by atoms with E-state index in [1.807, 2.05) is 6.92 Å². The van der Waals surface area contributed by atoms with Crippen LogP contribution in [0.3, 0.4) is 0 Å². The predicted octanol–water partition coefficient (Wildman–Crippen LogP) is 1.49. The number of nitrogens with zero attached hydrogens (tertiary/aromatic N) is 1. The molecular weight excluding hydrogens is 238 g/mol. The van der Waals surface area contributed by atoms with Crippen LogP contribution in [0.15, 0.2) is 0 Å². The fourth-order valence-corrected chi connectivity index (χ4v) is 2.75. The molecule has 1 unspecified atom stereocenters. The Bertz CT molecular complexity index is 313. The second kappa shape index (κ2) is 6.23. The van der Waals surface area contributed by atoms with Crippen molar-refractivity contribution in [3.8, 4) is 0 Å². The van der Waals surface area contributed by atoms with Gasteiger partial charge in [-0.15, -0.1) is 0 Å². The van der Waals surface area contributed by atoms with Crippen molar-refractivity contribution in [3.63, 3.8) is 0 Å². The molecule has 3 N–H and O–H groups in total. The molecule has 2 rings (SSSR count). The molecule has 1 atom stereocenters. The molecule has 4 nitrogen and oxygen atoms in total. The normalized spacial score (nSPS) is 23.1. The Hall–Kier alpha value is -0.610. The average Bonchev–Trinajstić information content (AvgIpc) is 3.10. The molecular formula is C15H29N3O. The molecule has 0 aromatic rings. The van der Waals surface area contributed by atoms with Crippen molar-refractivity contribution in [2.75, 3.05) is 19.6 Å². The summed E-state index contributed by atoms with van der Waals surface area (Å²) in [4.78, 5) is 14.2. The van der Waals surface area contributed by atoms with E-state index in [-0.39, 0.29) is 5.91 Å². The van der Waals surface area contributed by atoms with Crippen LogP contribution >= 0.6 is 0 Å². The molecule has 0 saturated heterocycles. The molecule has 0 bridgehead atoms. The molecule has 2 saturated carbocycles. The van der Waals surface area contributed by atoms with Gasteiger partial charge in [0.1, 0.15) is 0 Å². The monoisotopic (exact) mass is 267 g/mol. The van der Waals surface area contributed by atoms with Crippen molar-refractivity contribution in [1.82, 2.24) is 10.2 Å². The van der Waals surface area contributed by atoms with E-state index in [0.717, 1.165) is 25.4 Å². The third-order valence-electron chi connectivity index (χ3n) is 4.76. The zero-order valence-corrected chi connectivity index (χ0v) is 12.5. The summed E-state index contributed by atoms with van der Waals surface area (Å²) < 4.78 is 0. The number of nitrogens with two attached hydrogens (primary N) is 1. The summed E-state index contributed by atoms with van der Waals surface area (Å²) >= 11 is 0. The Labute approximate surface area is 117 Å². The zero-order valence-electron chi connectivity index (χ0n) is 12.5. The molecule has 0 aromatic heterocycles. The van der Waals surface area contributed by atoms with Crippen LogP contribution in [0.4, 0.5) is 0 Å². The SMILES string of the molecule is CCN(CCC(C)(NC1CC1)C(N)=O)CC1CCC1. The minimum absolute atomic E-state index is 0.209. The Morgan fingerprint density at radius 2 is 2.05 bits per heavy atom. The van der Waals surface area contributed by atoms with Gasteiger partial charge in [-0.2, -0.15) is 0 Å². The van der Waals surface area contributed by atoms with Crippen molar-refractivity contribution in [3.05, 3.63) is 0 Å². The van der Waals surface area contributed by atoms with Gasteiger partial charge in [-0.3, -0.25) is 4.79 Å². The molecule has 4 heteroatoms. The standard InChI is InChI=1S/C15H29N3O/c1-3-18(11-12-5-4-6-12)10-9-15(2,14(16)19)17-13-7-8-13/h12-13,17H,3-11H2,1-2H3,(H2,16,19). The van der Waals surface area contributed by atoms with Gasteiger partial charge < -0.3 is 16.0 Å². The van der Waals surface area contributed by atoms with Gasteiger partial charge in [0.2, 0.25) is 5.91 Å². The van der Waals surface area contributed by atoms with Crippen molar-refractivity contribution in [1.29, 1.82) is 0 Å². The molecule has 2 aliphatic rings. The highest BCUT2D eigenvalue weighted by Gasteiger charge is 2.37. The van der Waals surface area contributed by atoms with Crippen LogP contribution in [-0.4, -0.2) is 42.0 Å². The summed E-state index contributed by atoms with van der Waals surface area (Å²) in [6, 6.07) is 0.513. The van der Waals surface area contributed by atoms with Crippen LogP contribution in [0, 0.1) is 5.92 Å². The highest BCUT2D eigenvalue weighted by molar-refractivity contribution is 5.84. The summed E-state index contributed by atoms with van der Waals surface area (Å²) in [6.45, 7) is 7.38. The van der Waals surface area contributed by atoms with Crippen LogP contribution in [0.2, 0.25) is 0 Å². The first-order valence-corrected chi connectivity index (χ1v) is 7.83. The average molecular weight is 267 g/mol. The number of carbonyl (C=O) groups is 1. The largest absolute Gasteiger partial charge is 0.368 e. The van der Waals surface area contributed by atoms with E-state index in [1.54, 1.807) is 0 Å². The maximum Gasteiger partial charge on any atom is 0.237 e. The van der Waals surface area contributed by atoms with Gasteiger partial charge in [-0.05, 0) is 51.5 Å². The van der Waals surface area contributed by atoms with E-state index in [0.29, 0.717) is 6.04 Å². The Kier molecular flexibility index (Phi) is 4.85. The maximum atomic E-state index is 11.7. The summed E-state index contributed by atoms with van der Waals surface area (Å²) in [6.07, 6.45) is 7.34. The van der Waals surface area contributed by atoms with Crippen molar-refractivity contribution >= 4 is 5.91 Å². The fraction of sp³-hybridized carbons (Fsp3) is 0.933. The smallest absolute Gasteiger partial charge is 0.237 e. The van der Waals surface area contributed by atoms with Crippen molar-refractivity contribution in [2.45, 2.75) is 64.0 Å². The van der Waals surface area contributed by atoms with Crippen LogP contribution in [-0.2, 0) is 4.79 Å². The molecule has 2 fully saturated rings. The number of carbonyl (C=O) groups excluding carboxylic acids is 1. The first-order chi connectivity index (χ1) is 9.03. The minimum atomic E-state index is -0.534. The number of nitrogens with one attached hydrogen (secondary N) is 1. The molecule has 110 valence electrons. The quantitative estimate of drug-likeness (QED) is 0.665. The number of hydrogen-bond acceptors (Lipinski definition) is 3. The summed E-state index contributed by atoms with van der Waals surface area (Å²) in [5, 5.41) is 3.43. The topological polar surface area (TPSA) is 58.4 Å². The number of amides is 1. The van der Waals surface area contributed by atoms with Gasteiger partial charge in [-0.25, -0.2) is 0 Å². The van der Waals surface area contributed by atoms with E-state index in [9.17, 15) is 4.79 Å². The molecule has 1 amide bonds. The van der Waals surface area contributed by atoms with Crippen LogP contribution in [0.25, 0.3) is 0 Å². The van der Waals surface area contributed by atoms with E-state index >= 15 is 0 Å². The summed E-state index contributed by atoms with van der Waals surface area (Å²) in [5.41, 5.74) is 5.06. The molecule has 0 aliphatic heterocycles. The molecule has 2 aliphatic carbocycles. The van der Waals surface area contributed by atoms with Gasteiger partial charge >= 0.3 is 0 Å². The predicted molar refractivity (Wildman–Crippen MR) is 77.8 cm³/mol. The lowest BCUT2D eigenvalue weighted by atomic mass is 9.85. The van der Waals surface area contributed by atoms with Gasteiger partial charge in [-0.1, -0.05) is 13.3 Å². The third-order valence-corrected chi connectivity index (χ3v) is 4.76. The lowest BCUT2D eigenvalue weighted by Gasteiger charge is -2.34.